The molecular weight excluding hydrogens is 376 g/mol. The smallest absolute Gasteiger partial charge is 0.260 e. The second kappa shape index (κ2) is 7.74. The van der Waals surface area contributed by atoms with E-state index in [1.807, 2.05) is 30.3 Å². The van der Waals surface area contributed by atoms with Crippen LogP contribution < -0.4 is 14.4 Å². The zero-order chi connectivity index (χ0) is 19.5. The molecule has 7 heteroatoms. The summed E-state index contributed by atoms with van der Waals surface area (Å²) in [5.74, 6) is 1.82. The zero-order valence-corrected chi connectivity index (χ0v) is 16.2. The standard InChI is InChI=1S/C21H18N2O4S/c1-25-16-10-11-17(26-2)19-18(16)22-21(28-19)23(13-15-9-6-12-27-15)20(24)14-7-4-3-5-8-14/h3-12H,13H2,1-2H3. The van der Waals surface area contributed by atoms with Crippen molar-refractivity contribution in [3.8, 4) is 11.5 Å². The normalized spacial score (nSPS) is 10.8. The molecule has 0 aliphatic carbocycles. The van der Waals surface area contributed by atoms with Gasteiger partial charge in [-0.25, -0.2) is 4.98 Å². The second-order valence-electron chi connectivity index (χ2n) is 5.98. The van der Waals surface area contributed by atoms with Crippen molar-refractivity contribution in [3.05, 3.63) is 72.2 Å². The van der Waals surface area contributed by atoms with Gasteiger partial charge in [-0.15, -0.1) is 0 Å². The first-order valence-corrected chi connectivity index (χ1v) is 9.43. The molecule has 2 aromatic heterocycles. The summed E-state index contributed by atoms with van der Waals surface area (Å²) in [5, 5.41) is 0.544. The van der Waals surface area contributed by atoms with Crippen LogP contribution in [0.1, 0.15) is 16.1 Å². The third kappa shape index (κ3) is 3.32. The summed E-state index contributed by atoms with van der Waals surface area (Å²) in [4.78, 5) is 19.6. The maximum absolute atomic E-state index is 13.2. The molecule has 0 aliphatic heterocycles. The van der Waals surface area contributed by atoms with Gasteiger partial charge in [0.25, 0.3) is 5.91 Å². The number of amides is 1. The van der Waals surface area contributed by atoms with Crippen molar-refractivity contribution < 1.29 is 18.7 Å². The van der Waals surface area contributed by atoms with Crippen LogP contribution in [0.25, 0.3) is 10.2 Å². The maximum Gasteiger partial charge on any atom is 0.260 e. The number of carbonyl (C=O) groups is 1. The van der Waals surface area contributed by atoms with Crippen molar-refractivity contribution in [1.29, 1.82) is 0 Å². The number of carbonyl (C=O) groups excluding carboxylic acids is 1. The first-order valence-electron chi connectivity index (χ1n) is 8.62. The summed E-state index contributed by atoms with van der Waals surface area (Å²) in [5.41, 5.74) is 1.24. The summed E-state index contributed by atoms with van der Waals surface area (Å²) in [7, 11) is 3.20. The molecule has 0 fully saturated rings. The van der Waals surface area contributed by atoms with E-state index in [-0.39, 0.29) is 12.5 Å². The number of ether oxygens (including phenoxy) is 2. The molecule has 0 bridgehead atoms. The quantitative estimate of drug-likeness (QED) is 0.472. The van der Waals surface area contributed by atoms with Crippen molar-refractivity contribution in [3.63, 3.8) is 0 Å². The Morgan fingerprint density at radius 1 is 1.04 bits per heavy atom. The van der Waals surface area contributed by atoms with E-state index in [0.29, 0.717) is 33.5 Å². The topological polar surface area (TPSA) is 64.8 Å². The molecular formula is C21H18N2O4S. The van der Waals surface area contributed by atoms with Crippen LogP contribution in [0.3, 0.4) is 0 Å². The van der Waals surface area contributed by atoms with Crippen LogP contribution >= 0.6 is 11.3 Å². The van der Waals surface area contributed by atoms with E-state index in [2.05, 4.69) is 0 Å². The van der Waals surface area contributed by atoms with Crippen LogP contribution in [0.5, 0.6) is 11.5 Å². The van der Waals surface area contributed by atoms with E-state index >= 15 is 0 Å². The first-order chi connectivity index (χ1) is 13.7. The van der Waals surface area contributed by atoms with Gasteiger partial charge in [-0.05, 0) is 36.4 Å². The molecule has 0 saturated heterocycles. The number of methoxy groups -OCH3 is 2. The van der Waals surface area contributed by atoms with Gasteiger partial charge in [0.05, 0.1) is 27.0 Å². The van der Waals surface area contributed by atoms with Crippen molar-refractivity contribution in [2.75, 3.05) is 19.1 Å². The van der Waals surface area contributed by atoms with Crippen molar-refractivity contribution in [2.24, 2.45) is 0 Å². The number of rotatable bonds is 6. The average Bonchev–Trinajstić information content (AvgIpc) is 3.41. The fraction of sp³-hybridized carbons (Fsp3) is 0.143. The van der Waals surface area contributed by atoms with Crippen LogP contribution in [0, 0.1) is 0 Å². The molecule has 6 nitrogen and oxygen atoms in total. The lowest BCUT2D eigenvalue weighted by molar-refractivity contribution is 0.0983. The molecule has 2 aromatic carbocycles. The Labute approximate surface area is 165 Å². The number of furan rings is 1. The van der Waals surface area contributed by atoms with Crippen LogP contribution in [-0.2, 0) is 6.54 Å². The van der Waals surface area contributed by atoms with Gasteiger partial charge in [0.1, 0.15) is 27.5 Å². The molecule has 142 valence electrons. The number of hydrogen-bond donors (Lipinski definition) is 0. The maximum atomic E-state index is 13.2. The molecule has 28 heavy (non-hydrogen) atoms. The van der Waals surface area contributed by atoms with Gasteiger partial charge >= 0.3 is 0 Å². The minimum absolute atomic E-state index is 0.158. The molecule has 4 rings (SSSR count). The van der Waals surface area contributed by atoms with Gasteiger partial charge in [0.2, 0.25) is 0 Å². The van der Waals surface area contributed by atoms with Crippen LogP contribution in [0.4, 0.5) is 5.13 Å². The Morgan fingerprint density at radius 2 is 1.79 bits per heavy atom. The van der Waals surface area contributed by atoms with E-state index in [1.54, 1.807) is 49.6 Å². The van der Waals surface area contributed by atoms with Gasteiger partial charge in [0, 0.05) is 5.56 Å². The lowest BCUT2D eigenvalue weighted by atomic mass is 10.2. The lowest BCUT2D eigenvalue weighted by Gasteiger charge is -2.18. The summed E-state index contributed by atoms with van der Waals surface area (Å²) in [6.45, 7) is 0.269. The summed E-state index contributed by atoms with van der Waals surface area (Å²) >= 11 is 1.38. The molecule has 0 atom stereocenters. The summed E-state index contributed by atoms with van der Waals surface area (Å²) < 4.78 is 17.2. The number of aromatic nitrogens is 1. The number of benzene rings is 2. The molecule has 0 N–H and O–H groups in total. The molecule has 0 aliphatic rings. The van der Waals surface area contributed by atoms with Gasteiger partial charge in [-0.3, -0.25) is 9.69 Å². The zero-order valence-electron chi connectivity index (χ0n) is 15.4. The largest absolute Gasteiger partial charge is 0.495 e. The van der Waals surface area contributed by atoms with Crippen molar-refractivity contribution >= 4 is 32.6 Å². The van der Waals surface area contributed by atoms with Crippen molar-refractivity contribution in [2.45, 2.75) is 6.54 Å². The molecule has 0 saturated carbocycles. The molecule has 4 aromatic rings. The molecule has 1 amide bonds. The minimum Gasteiger partial charge on any atom is -0.495 e. The fourth-order valence-corrected chi connectivity index (χ4v) is 3.98. The minimum atomic E-state index is -0.158. The number of hydrogen-bond acceptors (Lipinski definition) is 6. The Bertz CT molecular complexity index is 1050. The molecule has 0 spiro atoms. The number of anilines is 1. The fourth-order valence-electron chi connectivity index (χ4n) is 2.91. The van der Waals surface area contributed by atoms with E-state index in [9.17, 15) is 4.79 Å². The lowest BCUT2D eigenvalue weighted by Crippen LogP contribution is -2.30. The van der Waals surface area contributed by atoms with Crippen LogP contribution in [0.2, 0.25) is 0 Å². The highest BCUT2D eigenvalue weighted by molar-refractivity contribution is 7.22. The SMILES string of the molecule is COc1ccc(OC)c2sc(N(Cc3ccco3)C(=O)c3ccccc3)nc12. The highest BCUT2D eigenvalue weighted by Gasteiger charge is 2.24. The third-order valence-electron chi connectivity index (χ3n) is 4.29. The number of nitrogens with zero attached hydrogens (tertiary/aromatic N) is 2. The highest BCUT2D eigenvalue weighted by atomic mass is 32.1. The first kappa shape index (κ1) is 18.1. The summed E-state index contributed by atoms with van der Waals surface area (Å²) in [6, 6.07) is 16.4. The Kier molecular flexibility index (Phi) is 4.99. The number of thiazole rings is 1. The highest BCUT2D eigenvalue weighted by Crippen LogP contribution is 2.40. The van der Waals surface area contributed by atoms with E-state index in [4.69, 9.17) is 18.9 Å². The number of fused-ring (bicyclic) bond motifs is 1. The molecule has 0 unspecified atom stereocenters. The predicted molar refractivity (Wildman–Crippen MR) is 108 cm³/mol. The summed E-state index contributed by atoms with van der Waals surface area (Å²) in [6.07, 6.45) is 1.59. The van der Waals surface area contributed by atoms with Crippen LogP contribution in [-0.4, -0.2) is 25.1 Å². The van der Waals surface area contributed by atoms with E-state index in [1.165, 1.54) is 11.3 Å². The second-order valence-corrected chi connectivity index (χ2v) is 6.96. The van der Waals surface area contributed by atoms with Crippen molar-refractivity contribution in [1.82, 2.24) is 4.98 Å². The van der Waals surface area contributed by atoms with Crippen LogP contribution in [0.15, 0.2) is 65.3 Å². The monoisotopic (exact) mass is 394 g/mol. The Morgan fingerprint density at radius 3 is 2.46 bits per heavy atom. The third-order valence-corrected chi connectivity index (χ3v) is 5.38. The Balaban J connectivity index is 1.83. The van der Waals surface area contributed by atoms with Gasteiger partial charge < -0.3 is 13.9 Å². The molecule has 0 radical (unpaired) electrons. The van der Waals surface area contributed by atoms with Gasteiger partial charge in [0.15, 0.2) is 5.13 Å². The van der Waals surface area contributed by atoms with E-state index < -0.39 is 0 Å². The predicted octanol–water partition coefficient (Wildman–Crippen LogP) is 4.75. The van der Waals surface area contributed by atoms with E-state index in [0.717, 1.165) is 4.70 Å². The Hall–Kier alpha value is -3.32. The van der Waals surface area contributed by atoms with Gasteiger partial charge in [-0.2, -0.15) is 0 Å². The average molecular weight is 394 g/mol. The molecule has 2 heterocycles. The van der Waals surface area contributed by atoms with Gasteiger partial charge in [-0.1, -0.05) is 29.5 Å².